The maximum Gasteiger partial charge on any atom is 0.193 e. The van der Waals surface area contributed by atoms with Crippen molar-refractivity contribution in [2.24, 2.45) is 4.99 Å². The van der Waals surface area contributed by atoms with E-state index in [2.05, 4.69) is 61.6 Å². The molecule has 1 N–H and O–H groups in total. The first-order valence-corrected chi connectivity index (χ1v) is 9.70. The van der Waals surface area contributed by atoms with Crippen molar-refractivity contribution in [1.82, 2.24) is 24.8 Å². The molecule has 0 bridgehead atoms. The second-order valence-electron chi connectivity index (χ2n) is 7.11. The van der Waals surface area contributed by atoms with Gasteiger partial charge in [-0.25, -0.2) is 9.97 Å². The Morgan fingerprint density at radius 3 is 2.71 bits per heavy atom. The molecule has 3 aromatic rings. The molecule has 1 aromatic carbocycles. The highest BCUT2D eigenvalue weighted by Crippen LogP contribution is 2.26. The molecule has 0 saturated carbocycles. The minimum atomic E-state index is 0.569. The molecule has 0 amide bonds. The van der Waals surface area contributed by atoms with Gasteiger partial charge in [-0.05, 0) is 30.5 Å². The molecule has 1 unspecified atom stereocenters. The number of rotatable bonds is 4. The summed E-state index contributed by atoms with van der Waals surface area (Å²) in [5.41, 5.74) is 2.54. The van der Waals surface area contributed by atoms with Gasteiger partial charge in [-0.2, -0.15) is 0 Å². The molecular weight excluding hydrogens is 348 g/mol. The third kappa shape index (κ3) is 3.91. The lowest BCUT2D eigenvalue weighted by Gasteiger charge is -2.22. The first-order valence-electron chi connectivity index (χ1n) is 9.70. The van der Waals surface area contributed by atoms with Crippen LogP contribution in [-0.2, 0) is 6.54 Å². The lowest BCUT2D eigenvalue weighted by atomic mass is 9.99. The Kier molecular flexibility index (Phi) is 5.37. The van der Waals surface area contributed by atoms with Crippen LogP contribution in [0.1, 0.15) is 29.3 Å². The number of aromatic nitrogens is 3. The number of likely N-dealkylation sites (tertiary alicyclic amines) is 1. The second-order valence-corrected chi connectivity index (χ2v) is 7.11. The van der Waals surface area contributed by atoms with Crippen LogP contribution in [0.4, 0.5) is 0 Å². The fourth-order valence-corrected chi connectivity index (χ4v) is 3.75. The molecule has 0 spiro atoms. The summed E-state index contributed by atoms with van der Waals surface area (Å²) < 4.78 is 1.98. The average Bonchev–Trinajstić information content (AvgIpc) is 3.39. The molecule has 144 valence electrons. The number of hydrogen-bond acceptors (Lipinski definition) is 3. The smallest absolute Gasteiger partial charge is 0.193 e. The molecule has 28 heavy (non-hydrogen) atoms. The molecule has 6 heteroatoms. The van der Waals surface area contributed by atoms with E-state index in [0.29, 0.717) is 12.5 Å². The number of aryl methyl sites for hydroxylation is 1. The number of benzene rings is 1. The zero-order valence-corrected chi connectivity index (χ0v) is 16.4. The zero-order chi connectivity index (χ0) is 19.3. The third-order valence-electron chi connectivity index (χ3n) is 5.30. The van der Waals surface area contributed by atoms with Gasteiger partial charge in [0.05, 0.1) is 0 Å². The molecule has 0 radical (unpaired) electrons. The Balaban J connectivity index is 1.35. The Labute approximate surface area is 166 Å². The van der Waals surface area contributed by atoms with E-state index in [9.17, 15) is 0 Å². The van der Waals surface area contributed by atoms with E-state index in [1.54, 1.807) is 6.20 Å². The van der Waals surface area contributed by atoms with Gasteiger partial charge in [-0.1, -0.05) is 36.4 Å². The van der Waals surface area contributed by atoms with E-state index in [1.165, 1.54) is 5.56 Å². The first-order chi connectivity index (χ1) is 13.7. The second kappa shape index (κ2) is 8.25. The predicted octanol–water partition coefficient (Wildman–Crippen LogP) is 3.14. The lowest BCUT2D eigenvalue weighted by molar-refractivity contribution is 0.486. The Bertz CT molecular complexity index is 929. The highest BCUT2D eigenvalue weighted by atomic mass is 15.3. The molecule has 0 aliphatic carbocycles. The van der Waals surface area contributed by atoms with Crippen molar-refractivity contribution >= 4 is 5.96 Å². The Morgan fingerprint density at radius 2 is 2.04 bits per heavy atom. The van der Waals surface area contributed by atoms with Crippen LogP contribution >= 0.6 is 0 Å². The number of nitrogens with one attached hydrogen (secondary N) is 1. The van der Waals surface area contributed by atoms with Crippen molar-refractivity contribution in [3.8, 4) is 5.82 Å². The van der Waals surface area contributed by atoms with E-state index < -0.39 is 0 Å². The van der Waals surface area contributed by atoms with Gasteiger partial charge < -0.3 is 10.2 Å². The summed E-state index contributed by atoms with van der Waals surface area (Å²) in [7, 11) is 1.85. The van der Waals surface area contributed by atoms with Crippen LogP contribution in [-0.4, -0.2) is 45.5 Å². The van der Waals surface area contributed by atoms with Gasteiger partial charge in [0.25, 0.3) is 0 Å². The van der Waals surface area contributed by atoms with Gasteiger partial charge in [0.2, 0.25) is 0 Å². The average molecular weight is 374 g/mol. The summed E-state index contributed by atoms with van der Waals surface area (Å²) >= 11 is 0. The molecule has 1 saturated heterocycles. The summed E-state index contributed by atoms with van der Waals surface area (Å²) in [6, 6.07) is 14.9. The Morgan fingerprint density at radius 1 is 1.18 bits per heavy atom. The van der Waals surface area contributed by atoms with Crippen LogP contribution in [0.3, 0.4) is 0 Å². The molecule has 1 aliphatic heterocycles. The van der Waals surface area contributed by atoms with Crippen LogP contribution in [0.15, 0.2) is 66.0 Å². The van der Waals surface area contributed by atoms with Crippen molar-refractivity contribution in [3.63, 3.8) is 0 Å². The Hall–Kier alpha value is -3.15. The highest BCUT2D eigenvalue weighted by molar-refractivity contribution is 5.80. The van der Waals surface area contributed by atoms with Crippen LogP contribution in [0.2, 0.25) is 0 Å². The molecule has 6 nitrogen and oxygen atoms in total. The fourth-order valence-electron chi connectivity index (χ4n) is 3.75. The first kappa shape index (κ1) is 18.2. The SMILES string of the molecule is CN=C(NCc1ccc(-n2ccnc2C)nc1)N1CCC(c2ccccc2)C1. The number of pyridine rings is 1. The molecule has 1 atom stereocenters. The summed E-state index contributed by atoms with van der Waals surface area (Å²) in [6.45, 7) is 4.70. The van der Waals surface area contributed by atoms with Crippen LogP contribution in [0.25, 0.3) is 5.82 Å². The number of guanidine groups is 1. The molecule has 2 aromatic heterocycles. The van der Waals surface area contributed by atoms with Crippen molar-refractivity contribution in [3.05, 3.63) is 78.0 Å². The van der Waals surface area contributed by atoms with Crippen LogP contribution in [0, 0.1) is 6.92 Å². The van der Waals surface area contributed by atoms with E-state index in [0.717, 1.165) is 42.7 Å². The van der Waals surface area contributed by atoms with Gasteiger partial charge in [0, 0.05) is 51.2 Å². The molecular formula is C22H26N6. The van der Waals surface area contributed by atoms with Crippen molar-refractivity contribution in [2.45, 2.75) is 25.8 Å². The van der Waals surface area contributed by atoms with E-state index in [-0.39, 0.29) is 0 Å². The zero-order valence-electron chi connectivity index (χ0n) is 16.4. The molecule has 3 heterocycles. The van der Waals surface area contributed by atoms with E-state index >= 15 is 0 Å². The fraction of sp³-hybridized carbons (Fsp3) is 0.318. The van der Waals surface area contributed by atoms with Crippen LogP contribution in [0.5, 0.6) is 0 Å². The highest BCUT2D eigenvalue weighted by Gasteiger charge is 2.25. The van der Waals surface area contributed by atoms with Gasteiger partial charge in [0.15, 0.2) is 5.96 Å². The maximum atomic E-state index is 4.56. The lowest BCUT2D eigenvalue weighted by Crippen LogP contribution is -2.39. The summed E-state index contributed by atoms with van der Waals surface area (Å²) in [5.74, 6) is 3.33. The molecule has 1 aliphatic rings. The predicted molar refractivity (Wildman–Crippen MR) is 112 cm³/mol. The number of nitrogens with zero attached hydrogens (tertiary/aromatic N) is 5. The van der Waals surface area contributed by atoms with E-state index in [4.69, 9.17) is 0 Å². The molecule has 1 fully saturated rings. The van der Waals surface area contributed by atoms with E-state index in [1.807, 2.05) is 37.0 Å². The molecule has 4 rings (SSSR count). The topological polar surface area (TPSA) is 58.3 Å². The van der Waals surface area contributed by atoms with Gasteiger partial charge in [-0.3, -0.25) is 9.56 Å². The number of imidazole rings is 1. The van der Waals surface area contributed by atoms with Crippen molar-refractivity contribution in [1.29, 1.82) is 0 Å². The van der Waals surface area contributed by atoms with Gasteiger partial charge in [-0.15, -0.1) is 0 Å². The van der Waals surface area contributed by atoms with Crippen molar-refractivity contribution < 1.29 is 0 Å². The monoisotopic (exact) mass is 374 g/mol. The quantitative estimate of drug-likeness (QED) is 0.563. The van der Waals surface area contributed by atoms with Crippen LogP contribution < -0.4 is 5.32 Å². The number of hydrogen-bond donors (Lipinski definition) is 1. The minimum absolute atomic E-state index is 0.569. The standard InChI is InChI=1S/C22H26N6/c1-17-24-11-13-28(17)21-9-8-18(14-25-21)15-26-22(23-2)27-12-10-20(16-27)19-6-4-3-5-7-19/h3-9,11,13-14,20H,10,12,15-16H2,1-2H3,(H,23,26). The van der Waals surface area contributed by atoms with Gasteiger partial charge in [0.1, 0.15) is 11.6 Å². The third-order valence-corrected chi connectivity index (χ3v) is 5.30. The van der Waals surface area contributed by atoms with Gasteiger partial charge >= 0.3 is 0 Å². The summed E-state index contributed by atoms with van der Waals surface area (Å²) in [5, 5.41) is 3.48. The summed E-state index contributed by atoms with van der Waals surface area (Å²) in [4.78, 5) is 15.6. The van der Waals surface area contributed by atoms with Crippen molar-refractivity contribution in [2.75, 3.05) is 20.1 Å². The number of aliphatic imine (C=N–C) groups is 1. The largest absolute Gasteiger partial charge is 0.352 e. The minimum Gasteiger partial charge on any atom is -0.352 e. The maximum absolute atomic E-state index is 4.56. The summed E-state index contributed by atoms with van der Waals surface area (Å²) in [6.07, 6.45) is 6.78. The normalized spacial score (nSPS) is 17.1.